The van der Waals surface area contributed by atoms with Gasteiger partial charge in [0.1, 0.15) is 27.7 Å². The summed E-state index contributed by atoms with van der Waals surface area (Å²) in [5, 5.41) is 41.1. The molecular weight excluding hydrogens is 1210 g/mol. The van der Waals surface area contributed by atoms with E-state index in [-0.39, 0.29) is 72.6 Å². The van der Waals surface area contributed by atoms with Gasteiger partial charge in [0, 0.05) is 24.2 Å². The van der Waals surface area contributed by atoms with E-state index in [0.717, 1.165) is 36.4 Å². The summed E-state index contributed by atoms with van der Waals surface area (Å²) in [6.07, 6.45) is 0. The van der Waals surface area contributed by atoms with Crippen molar-refractivity contribution >= 4 is 141 Å². The molecule has 0 fully saturated rings. The molecule has 0 saturated heterocycles. The van der Waals surface area contributed by atoms with Crippen LogP contribution in [0.5, 0.6) is 11.5 Å². The van der Waals surface area contributed by atoms with Crippen molar-refractivity contribution < 1.29 is 102 Å². The van der Waals surface area contributed by atoms with Crippen LogP contribution in [0, 0.1) is 6.92 Å². The van der Waals surface area contributed by atoms with Crippen molar-refractivity contribution in [3.05, 3.63) is 95.3 Å². The summed E-state index contributed by atoms with van der Waals surface area (Å²) in [5.41, 5.74) is -1.29. The summed E-state index contributed by atoms with van der Waals surface area (Å²) < 4.78 is 201. The van der Waals surface area contributed by atoms with Crippen molar-refractivity contribution in [2.45, 2.75) is 31.4 Å². The van der Waals surface area contributed by atoms with Gasteiger partial charge in [0.05, 0.1) is 62.5 Å². The van der Waals surface area contributed by atoms with Crippen LogP contribution in [0.1, 0.15) is 5.56 Å². The zero-order valence-electron chi connectivity index (χ0n) is 39.0. The number of nitrogens with one attached hydrogen (secondary N) is 1. The molecule has 418 valence electrons. The fraction of sp³-hybridized carbons (Fsp3) is 0.132. The number of rotatable bonds is 23. The van der Waals surface area contributed by atoms with E-state index in [1.54, 1.807) is 0 Å². The minimum Gasteiger partial charge on any atom is -0.505 e. The Hall–Kier alpha value is -6.67. The third kappa shape index (κ3) is 14.9. The quantitative estimate of drug-likeness (QED) is 0.00884. The third-order valence-electron chi connectivity index (χ3n) is 9.90. The van der Waals surface area contributed by atoms with Crippen LogP contribution in [0.4, 0.5) is 46.0 Å². The number of nitrogens with zero attached hydrogens (tertiary/aromatic N) is 8. The van der Waals surface area contributed by atoms with Crippen LogP contribution in [-0.4, -0.2) is 121 Å². The average Bonchev–Trinajstić information content (AvgIpc) is 3.41. The smallest absolute Gasteiger partial charge is 0.447 e. The molecule has 5 aromatic carbocycles. The van der Waals surface area contributed by atoms with Gasteiger partial charge in [0.25, 0.3) is 20.2 Å². The molecule has 7 N–H and O–H groups in total. The number of aryl methyl sites for hydroxylation is 1. The largest absolute Gasteiger partial charge is 0.505 e. The molecule has 0 aliphatic carbocycles. The Kier molecular flexibility index (Phi) is 18.1. The van der Waals surface area contributed by atoms with Crippen molar-refractivity contribution in [1.29, 1.82) is 0 Å². The topological polar surface area (TPSA) is 476 Å². The molecule has 0 bridgehead atoms. The Morgan fingerprint density at radius 2 is 1.45 bits per heavy atom. The van der Waals surface area contributed by atoms with Crippen LogP contribution in [0.15, 0.2) is 129 Å². The number of ether oxygens (including phenoxy) is 1. The lowest BCUT2D eigenvalue weighted by molar-refractivity contribution is -0.432. The predicted octanol–water partition coefficient (Wildman–Crippen LogP) is 6.62. The van der Waals surface area contributed by atoms with Crippen molar-refractivity contribution in [3.63, 3.8) is 0 Å². The third-order valence-corrected chi connectivity index (χ3v) is 16.6. The normalized spacial score (nSPS) is 12.8. The molecule has 1 aromatic heterocycles. The molecule has 1 heterocycles. The number of hydrogen-bond donors (Lipinski definition) is 7. The lowest BCUT2D eigenvalue weighted by atomic mass is 10.1. The number of benzene rings is 5. The number of phenols is 1. The standard InChI is InChI=1S/C38H34ClN9O23S7/c1-19-12-28(30(67-4)18-27(19)45-44-26-9-8-24(17-32(26)76(58,59)60)74(53,54)20(2)69-78(64,65)66)46-47-34-31(72-71-70-50)14-21-13-25(75(55,56)57)16-29(33(21)35(34)49)40-37-41-36(39)42-38(43-37)48(3)22-6-5-7-23(15-22)73(51,52)11-10-68-77(61,62)63/h5-9,12-18,49-50H,2,10-11H2,1,3-4H3,(H,55,56,57)(H,58,59,60)(H,61,62,63)(H,64,65,66)(H,40,41,42,43). The van der Waals surface area contributed by atoms with Crippen LogP contribution in [-0.2, 0) is 78.4 Å². The minimum atomic E-state index is -5.38. The Morgan fingerprint density at radius 1 is 0.769 bits per heavy atom. The molecule has 6 rings (SSSR count). The van der Waals surface area contributed by atoms with Crippen molar-refractivity contribution in [2.24, 2.45) is 20.5 Å². The Bertz CT molecular complexity index is 4180. The van der Waals surface area contributed by atoms with E-state index in [1.165, 1.54) is 56.3 Å². The van der Waals surface area contributed by atoms with E-state index in [9.17, 15) is 64.7 Å². The Morgan fingerprint density at radius 3 is 2.08 bits per heavy atom. The van der Waals surface area contributed by atoms with E-state index in [2.05, 4.69) is 65.0 Å². The zero-order valence-corrected chi connectivity index (χ0v) is 45.5. The van der Waals surface area contributed by atoms with E-state index in [0.29, 0.717) is 6.07 Å². The molecule has 0 atom stereocenters. The number of aromatic hydroxyl groups is 1. The number of sulfone groups is 2. The van der Waals surface area contributed by atoms with Crippen LogP contribution in [0.3, 0.4) is 0 Å². The molecule has 0 saturated carbocycles. The van der Waals surface area contributed by atoms with Gasteiger partial charge in [-0.15, -0.1) is 19.7 Å². The second-order valence-corrected chi connectivity index (χ2v) is 25.1. The summed E-state index contributed by atoms with van der Waals surface area (Å²) in [6.45, 7) is 3.45. The van der Waals surface area contributed by atoms with Crippen LogP contribution < -0.4 is 15.0 Å². The van der Waals surface area contributed by atoms with Gasteiger partial charge in [-0.2, -0.15) is 53.7 Å². The first-order chi connectivity index (χ1) is 36.1. The van der Waals surface area contributed by atoms with Crippen LogP contribution in [0.2, 0.25) is 5.28 Å². The molecule has 0 aliphatic heterocycles. The van der Waals surface area contributed by atoms with Crippen LogP contribution >= 0.6 is 23.6 Å². The number of methoxy groups -OCH3 is 1. The SMILES string of the molecule is C=C(OS(=O)(=O)O)S(=O)(=O)c1ccc(N=Nc2cc(OC)c(N=Nc3c(SOOO)cc4cc(S(=O)(=O)O)cc(Nc5nc(Cl)nc(N(C)c6cccc(S(=O)(=O)CCOS(=O)(=O)O)c6)n5)c4c3O)cc2C)c(S(=O)(=O)O)c1. The van der Waals surface area contributed by atoms with Crippen molar-refractivity contribution in [1.82, 2.24) is 15.0 Å². The van der Waals surface area contributed by atoms with E-state index >= 15 is 0 Å². The molecular formula is C38H34ClN9O23S7. The maximum Gasteiger partial charge on any atom is 0.447 e. The number of halogens is 1. The van der Waals surface area contributed by atoms with Gasteiger partial charge in [-0.3, -0.25) is 18.2 Å². The molecule has 78 heavy (non-hydrogen) atoms. The van der Waals surface area contributed by atoms with Gasteiger partial charge in [-0.1, -0.05) is 11.1 Å². The molecule has 0 spiro atoms. The number of fused-ring (bicyclic) bond motifs is 1. The molecule has 40 heteroatoms. The van der Waals surface area contributed by atoms with Gasteiger partial charge < -0.3 is 24.2 Å². The maximum absolute atomic E-state index is 13.0. The molecule has 0 radical (unpaired) electrons. The first kappa shape index (κ1) is 60.6. The van der Waals surface area contributed by atoms with E-state index in [4.69, 9.17) is 30.7 Å². The number of azo groups is 2. The molecule has 0 unspecified atom stereocenters. The summed E-state index contributed by atoms with van der Waals surface area (Å²) in [4.78, 5) is 10.2. The first-order valence-corrected chi connectivity index (χ1v) is 30.1. The zero-order chi connectivity index (χ0) is 57.9. The number of aromatic nitrogens is 3. The summed E-state index contributed by atoms with van der Waals surface area (Å²) >= 11 is 6.51. The van der Waals surface area contributed by atoms with Gasteiger partial charge in [0.15, 0.2) is 15.6 Å². The highest BCUT2D eigenvalue weighted by Gasteiger charge is 2.29. The fourth-order valence-corrected chi connectivity index (χ4v) is 11.5. The minimum absolute atomic E-state index is 0.0568. The monoisotopic (exact) mass is 1240 g/mol. The number of anilines is 4. The number of phenolic OH excluding ortho intramolecular Hbond substituents is 1. The highest BCUT2D eigenvalue weighted by molar-refractivity contribution is 7.96. The molecule has 6 aromatic rings. The lowest BCUT2D eigenvalue weighted by Crippen LogP contribution is -2.17. The van der Waals surface area contributed by atoms with Crippen molar-refractivity contribution in [2.75, 3.05) is 36.7 Å². The maximum atomic E-state index is 13.0. The Balaban J connectivity index is 1.39. The van der Waals surface area contributed by atoms with Crippen LogP contribution in [0.25, 0.3) is 10.8 Å². The first-order valence-electron chi connectivity index (χ1n) is 20.2. The molecule has 0 aliphatic rings. The lowest BCUT2D eigenvalue weighted by Gasteiger charge is -2.19. The van der Waals surface area contributed by atoms with E-state index < -0.39 is 121 Å². The van der Waals surface area contributed by atoms with Gasteiger partial charge >= 0.3 is 20.8 Å². The summed E-state index contributed by atoms with van der Waals surface area (Å²) in [6, 6.07) is 12.4. The summed E-state index contributed by atoms with van der Waals surface area (Å²) in [7, 11) is -27.3. The number of hydrogen-bond acceptors (Lipinski definition) is 29. The van der Waals surface area contributed by atoms with Gasteiger partial charge in [-0.25, -0.2) is 26.3 Å². The Labute approximate surface area is 450 Å². The fourth-order valence-electron chi connectivity index (χ4n) is 6.42. The van der Waals surface area contributed by atoms with E-state index in [1.807, 2.05) is 0 Å². The predicted molar refractivity (Wildman–Crippen MR) is 270 cm³/mol. The highest BCUT2D eigenvalue weighted by Crippen LogP contribution is 2.48. The average molecular weight is 1240 g/mol. The second-order valence-electron chi connectivity index (χ2n) is 15.0. The molecule has 32 nitrogen and oxygen atoms in total. The molecule has 0 amide bonds. The van der Waals surface area contributed by atoms with Gasteiger partial charge in [-0.05, 0) is 96.7 Å². The second kappa shape index (κ2) is 23.3. The van der Waals surface area contributed by atoms with Gasteiger partial charge in [0.2, 0.25) is 32.1 Å². The summed E-state index contributed by atoms with van der Waals surface area (Å²) in [5.74, 6) is -2.49. The highest BCUT2D eigenvalue weighted by atomic mass is 35.5. The van der Waals surface area contributed by atoms with Crippen molar-refractivity contribution in [3.8, 4) is 11.5 Å².